The third kappa shape index (κ3) is 4.55. The number of carboxylic acids is 1. The van der Waals surface area contributed by atoms with Crippen molar-refractivity contribution in [1.29, 1.82) is 0 Å². The summed E-state index contributed by atoms with van der Waals surface area (Å²) in [6.45, 7) is 2.17. The Hall–Kier alpha value is -3.35. The van der Waals surface area contributed by atoms with Crippen molar-refractivity contribution in [1.82, 2.24) is 9.13 Å². The van der Waals surface area contributed by atoms with E-state index in [4.69, 9.17) is 11.6 Å². The third-order valence-corrected chi connectivity index (χ3v) is 4.56. The predicted octanol–water partition coefficient (Wildman–Crippen LogP) is 0.941. The molecule has 31 heavy (non-hydrogen) atoms. The molecule has 1 aromatic heterocycles. The summed E-state index contributed by atoms with van der Waals surface area (Å²) in [4.78, 5) is 55.5. The van der Waals surface area contributed by atoms with E-state index in [-0.39, 0.29) is 15.2 Å². The lowest BCUT2D eigenvalue weighted by Gasteiger charge is -2.19. The highest BCUT2D eigenvalue weighted by Crippen LogP contribution is 2.38. The Labute approximate surface area is 174 Å². The fourth-order valence-electron chi connectivity index (χ4n) is 2.58. The van der Waals surface area contributed by atoms with Gasteiger partial charge in [-0.1, -0.05) is 11.6 Å². The molecule has 0 atom stereocenters. The topological polar surface area (TPSA) is 120 Å². The van der Waals surface area contributed by atoms with Crippen molar-refractivity contribution < 1.29 is 42.0 Å². The van der Waals surface area contributed by atoms with Gasteiger partial charge < -0.3 is 9.90 Å². The third-order valence-electron chi connectivity index (χ3n) is 4.10. The molecule has 2 aromatic rings. The lowest BCUT2D eigenvalue weighted by Crippen LogP contribution is -2.41. The maximum absolute atomic E-state index is 14.9. The first-order valence-electron chi connectivity index (χ1n) is 8.14. The Morgan fingerprint density at radius 1 is 1.19 bits per heavy atom. The number of carboxylic acid groups (broad SMARTS) is 1. The van der Waals surface area contributed by atoms with E-state index in [1.165, 1.54) is 0 Å². The number of hydrogen-bond acceptors (Lipinski definition) is 7. The molecule has 1 aromatic carbocycles. The fraction of sp³-hybridized carbons (Fsp3) is 0.294. The Morgan fingerprint density at radius 3 is 2.29 bits per heavy atom. The first kappa shape index (κ1) is 23.9. The van der Waals surface area contributed by atoms with Crippen molar-refractivity contribution in [2.24, 2.45) is 7.05 Å². The summed E-state index contributed by atoms with van der Waals surface area (Å²) < 4.78 is 54.3. The quantitative estimate of drug-likeness (QED) is 0.278. The molecule has 2 rings (SSSR count). The summed E-state index contributed by atoms with van der Waals surface area (Å²) in [7, 11) is 0.732. The van der Waals surface area contributed by atoms with Crippen LogP contribution in [0.4, 0.5) is 17.6 Å². The molecular weight excluding hydrogens is 456 g/mol. The van der Waals surface area contributed by atoms with Crippen molar-refractivity contribution in [2.45, 2.75) is 26.4 Å². The zero-order valence-corrected chi connectivity index (χ0v) is 16.7. The van der Waals surface area contributed by atoms with E-state index in [0.29, 0.717) is 0 Å². The van der Waals surface area contributed by atoms with Gasteiger partial charge in [0, 0.05) is 24.2 Å². The highest BCUT2D eigenvalue weighted by atomic mass is 35.5. The molecule has 168 valence electrons. The number of carbonyl (C=O) groups is 2. The number of aliphatic carboxylic acids is 1. The van der Waals surface area contributed by atoms with Crippen LogP contribution in [0.1, 0.15) is 23.2 Å². The van der Waals surface area contributed by atoms with E-state index in [2.05, 4.69) is 9.78 Å². The Bertz CT molecular complexity index is 1200. The number of benzene rings is 1. The molecule has 0 saturated carbocycles. The average Bonchev–Trinajstić information content (AvgIpc) is 2.64. The lowest BCUT2D eigenvalue weighted by atomic mass is 10.1. The SMILES string of the molecule is Cc1c(F)c(-n2c(=O)cc(C(F)(F)F)n(C)c2=O)c(C)c(OOC(=O)CC(=O)[O-])c1Cl. The van der Waals surface area contributed by atoms with Gasteiger partial charge in [-0.2, -0.15) is 13.2 Å². The van der Waals surface area contributed by atoms with Gasteiger partial charge in [-0.25, -0.2) is 23.4 Å². The van der Waals surface area contributed by atoms with Gasteiger partial charge in [-0.05, 0) is 13.8 Å². The molecule has 9 nitrogen and oxygen atoms in total. The smallest absolute Gasteiger partial charge is 0.431 e. The van der Waals surface area contributed by atoms with Crippen LogP contribution in [0.3, 0.4) is 0 Å². The average molecular weight is 468 g/mol. The largest absolute Gasteiger partial charge is 0.550 e. The van der Waals surface area contributed by atoms with Gasteiger partial charge in [-0.15, -0.1) is 0 Å². The van der Waals surface area contributed by atoms with Crippen LogP contribution in [0.15, 0.2) is 15.7 Å². The molecule has 0 N–H and O–H groups in total. The van der Waals surface area contributed by atoms with Gasteiger partial charge in [-0.3, -0.25) is 14.2 Å². The standard InChI is InChI=1S/C17H13ClF4N2O7/c1-6-12(18)15(31-30-11(28)5-10(26)27)7(2)14(13(6)19)24-9(25)4-8(17(20,21)22)23(3)16(24)29/h4H,5H2,1-3H3,(H,26,27)/p-1. The zero-order chi connectivity index (χ0) is 23.8. The molecule has 0 fully saturated rings. The van der Waals surface area contributed by atoms with Crippen LogP contribution in [0.2, 0.25) is 5.02 Å². The summed E-state index contributed by atoms with van der Waals surface area (Å²) in [5.41, 5.74) is -6.18. The van der Waals surface area contributed by atoms with E-state index >= 15 is 0 Å². The van der Waals surface area contributed by atoms with Crippen molar-refractivity contribution in [2.75, 3.05) is 0 Å². The van der Waals surface area contributed by atoms with Crippen molar-refractivity contribution in [3.8, 4) is 11.4 Å². The van der Waals surface area contributed by atoms with Gasteiger partial charge in [0.15, 0.2) is 5.82 Å². The summed E-state index contributed by atoms with van der Waals surface area (Å²) >= 11 is 5.94. The van der Waals surface area contributed by atoms with Crippen LogP contribution in [-0.4, -0.2) is 21.1 Å². The zero-order valence-electron chi connectivity index (χ0n) is 15.9. The second-order valence-electron chi connectivity index (χ2n) is 6.19. The van der Waals surface area contributed by atoms with Crippen molar-refractivity contribution in [3.05, 3.63) is 54.6 Å². The Balaban J connectivity index is 2.74. The van der Waals surface area contributed by atoms with Gasteiger partial charge in [0.05, 0.1) is 23.1 Å². The molecule has 0 saturated heterocycles. The molecule has 0 aliphatic carbocycles. The highest BCUT2D eigenvalue weighted by Gasteiger charge is 2.36. The van der Waals surface area contributed by atoms with Crippen LogP contribution < -0.4 is 21.2 Å². The van der Waals surface area contributed by atoms with Crippen molar-refractivity contribution >= 4 is 23.5 Å². The molecule has 0 amide bonds. The molecule has 0 bridgehead atoms. The Kier molecular flexibility index (Phi) is 6.49. The maximum atomic E-state index is 14.9. The van der Waals surface area contributed by atoms with Gasteiger partial charge >= 0.3 is 17.8 Å². The molecule has 1 heterocycles. The van der Waals surface area contributed by atoms with Crippen LogP contribution in [0.25, 0.3) is 5.69 Å². The number of alkyl halides is 3. The number of aromatic nitrogens is 2. The number of hydrogen-bond donors (Lipinski definition) is 0. The minimum Gasteiger partial charge on any atom is -0.550 e. The summed E-state index contributed by atoms with van der Waals surface area (Å²) in [6, 6.07) is 0.102. The highest BCUT2D eigenvalue weighted by molar-refractivity contribution is 6.33. The van der Waals surface area contributed by atoms with Crippen molar-refractivity contribution in [3.63, 3.8) is 0 Å². The van der Waals surface area contributed by atoms with Crippen LogP contribution in [0, 0.1) is 19.7 Å². The number of carbonyl (C=O) groups excluding carboxylic acids is 2. The van der Waals surface area contributed by atoms with E-state index < -0.39 is 74.9 Å². The van der Waals surface area contributed by atoms with E-state index in [0.717, 1.165) is 20.9 Å². The summed E-state index contributed by atoms with van der Waals surface area (Å²) in [6.07, 6.45) is -6.22. The summed E-state index contributed by atoms with van der Waals surface area (Å²) in [5, 5.41) is 9.94. The van der Waals surface area contributed by atoms with E-state index in [1.807, 2.05) is 0 Å². The minimum absolute atomic E-state index is 0.102. The molecule has 0 radical (unpaired) electrons. The van der Waals surface area contributed by atoms with Crippen LogP contribution in [0.5, 0.6) is 5.75 Å². The van der Waals surface area contributed by atoms with Gasteiger partial charge in [0.1, 0.15) is 5.69 Å². The molecule has 14 heteroatoms. The summed E-state index contributed by atoms with van der Waals surface area (Å²) in [5.74, 6) is -5.00. The van der Waals surface area contributed by atoms with Gasteiger partial charge in [0.25, 0.3) is 5.56 Å². The first-order valence-corrected chi connectivity index (χ1v) is 8.52. The molecule has 0 aliphatic heterocycles. The number of rotatable bonds is 5. The van der Waals surface area contributed by atoms with E-state index in [9.17, 15) is 41.8 Å². The Morgan fingerprint density at radius 2 is 1.77 bits per heavy atom. The molecule has 0 aliphatic rings. The number of halogens is 5. The second-order valence-corrected chi connectivity index (χ2v) is 6.56. The number of nitrogens with zero attached hydrogens (tertiary/aromatic N) is 2. The molecule has 0 unspecified atom stereocenters. The minimum atomic E-state index is -5.03. The van der Waals surface area contributed by atoms with E-state index in [1.54, 1.807) is 0 Å². The monoisotopic (exact) mass is 467 g/mol. The fourth-order valence-corrected chi connectivity index (χ4v) is 2.84. The maximum Gasteiger partial charge on any atom is 0.431 e. The molecule has 0 spiro atoms. The molecular formula is C17H12ClF4N2O7-. The van der Waals surface area contributed by atoms with Gasteiger partial charge in [0.2, 0.25) is 5.75 Å². The lowest BCUT2D eigenvalue weighted by molar-refractivity contribution is -0.306. The van der Waals surface area contributed by atoms with Crippen LogP contribution in [-0.2, 0) is 27.7 Å². The first-order chi connectivity index (χ1) is 14.2. The predicted molar refractivity (Wildman–Crippen MR) is 93.1 cm³/mol. The second kappa shape index (κ2) is 8.41. The normalized spacial score (nSPS) is 11.4. The van der Waals surface area contributed by atoms with Crippen LogP contribution >= 0.6 is 11.6 Å².